The third-order valence-corrected chi connectivity index (χ3v) is 6.92. The molecule has 0 aliphatic rings. The molecule has 3 N–H and O–H groups in total. The Hall–Kier alpha value is -4.60. The lowest BCUT2D eigenvalue weighted by molar-refractivity contribution is -0.124. The zero-order valence-corrected chi connectivity index (χ0v) is 23.5. The van der Waals surface area contributed by atoms with E-state index in [9.17, 15) is 9.59 Å². The minimum Gasteiger partial charge on any atom is -0.496 e. The Bertz CT molecular complexity index is 1480. The second-order valence-electron chi connectivity index (χ2n) is 9.58. The van der Waals surface area contributed by atoms with Crippen LogP contribution in [-0.4, -0.2) is 60.9 Å². The van der Waals surface area contributed by atoms with E-state index in [0.717, 1.165) is 35.2 Å². The summed E-state index contributed by atoms with van der Waals surface area (Å²) in [5, 5.41) is 9.86. The topological polar surface area (TPSA) is 113 Å². The first-order valence-corrected chi connectivity index (χ1v) is 13.3. The van der Waals surface area contributed by atoms with Gasteiger partial charge in [0, 0.05) is 48.4 Å². The van der Waals surface area contributed by atoms with E-state index in [1.54, 1.807) is 37.9 Å². The number of aromatic nitrogens is 1. The molecule has 9 nitrogen and oxygen atoms in total. The van der Waals surface area contributed by atoms with Gasteiger partial charge in [-0.25, -0.2) is 10.3 Å². The van der Waals surface area contributed by atoms with Gasteiger partial charge in [-0.3, -0.25) is 14.9 Å². The number of carbonyl (C=O) groups is 2. The number of fused-ring (bicyclic) bond motifs is 1. The van der Waals surface area contributed by atoms with E-state index in [1.165, 1.54) is 17.0 Å². The van der Waals surface area contributed by atoms with E-state index in [1.807, 2.05) is 49.5 Å². The molecule has 9 heteroatoms. The summed E-state index contributed by atoms with van der Waals surface area (Å²) < 4.78 is 16.4. The van der Waals surface area contributed by atoms with Crippen LogP contribution in [0, 0.1) is 6.92 Å². The average molecular weight is 558 g/mol. The van der Waals surface area contributed by atoms with Crippen LogP contribution in [0.5, 0.6) is 11.5 Å². The van der Waals surface area contributed by atoms with Gasteiger partial charge in [-0.1, -0.05) is 42.5 Å². The molecule has 41 heavy (non-hydrogen) atoms. The number of nitrogens with one attached hydrogen (secondary N) is 2. The molecule has 214 valence electrons. The fourth-order valence-electron chi connectivity index (χ4n) is 4.64. The van der Waals surface area contributed by atoms with Gasteiger partial charge in [-0.2, -0.15) is 0 Å². The van der Waals surface area contributed by atoms with Gasteiger partial charge in [0.25, 0.3) is 5.91 Å². The molecule has 1 aromatic heterocycles. The van der Waals surface area contributed by atoms with Gasteiger partial charge in [0.15, 0.2) is 0 Å². The number of hydrogen-bond acceptors (Lipinski definition) is 7. The highest BCUT2D eigenvalue weighted by Gasteiger charge is 2.16. The summed E-state index contributed by atoms with van der Waals surface area (Å²) >= 11 is 0. The molecule has 0 unspecified atom stereocenters. The van der Waals surface area contributed by atoms with Crippen molar-refractivity contribution in [1.29, 1.82) is 0 Å². The highest BCUT2D eigenvalue weighted by Crippen LogP contribution is 2.29. The van der Waals surface area contributed by atoms with Gasteiger partial charge in [0.05, 0.1) is 19.8 Å². The molecule has 4 rings (SSSR count). The number of carbonyl (C=O) groups excluding carboxylic acids is 2. The van der Waals surface area contributed by atoms with Crippen molar-refractivity contribution in [2.24, 2.45) is 0 Å². The maximum absolute atomic E-state index is 12.9. The number of para-hydroxylation sites is 1. The van der Waals surface area contributed by atoms with Gasteiger partial charge in [-0.15, -0.1) is 0 Å². The van der Waals surface area contributed by atoms with Gasteiger partial charge < -0.3 is 19.2 Å². The number of H-pyrrole nitrogens is 1. The summed E-state index contributed by atoms with van der Waals surface area (Å²) in [6.45, 7) is 4.01. The van der Waals surface area contributed by atoms with Crippen LogP contribution in [0.2, 0.25) is 0 Å². The molecular formula is C32H35N3O6. The lowest BCUT2D eigenvalue weighted by atomic mass is 10.1. The van der Waals surface area contributed by atoms with E-state index in [2.05, 4.69) is 22.0 Å². The predicted molar refractivity (Wildman–Crippen MR) is 157 cm³/mol. The first-order valence-electron chi connectivity index (χ1n) is 13.3. The second kappa shape index (κ2) is 14.2. The molecule has 0 aliphatic heterocycles. The summed E-state index contributed by atoms with van der Waals surface area (Å²) in [5.41, 5.74) is 7.00. The van der Waals surface area contributed by atoms with Gasteiger partial charge in [-0.05, 0) is 54.3 Å². The van der Waals surface area contributed by atoms with Crippen molar-refractivity contribution in [3.8, 4) is 11.5 Å². The number of benzene rings is 3. The fraction of sp³-hybridized carbons (Fsp3) is 0.250. The minimum absolute atomic E-state index is 0.211. The second-order valence-corrected chi connectivity index (χ2v) is 9.58. The molecule has 4 aromatic rings. The molecule has 0 bridgehead atoms. The number of amides is 1. The summed E-state index contributed by atoms with van der Waals surface area (Å²) in [6.07, 6.45) is 5.75. The zero-order chi connectivity index (χ0) is 29.2. The Balaban J connectivity index is 1.44. The van der Waals surface area contributed by atoms with Crippen LogP contribution in [0.15, 0.2) is 72.9 Å². The predicted octanol–water partition coefficient (Wildman–Crippen LogP) is 4.91. The molecule has 0 atom stereocenters. The maximum Gasteiger partial charge on any atom is 0.338 e. The minimum atomic E-state index is -0.588. The van der Waals surface area contributed by atoms with Crippen molar-refractivity contribution in [2.45, 2.75) is 19.9 Å². The SMILES string of the molecule is COc1cc(C(=O)OCCN(CCc2c[nH]c3ccccc23)Cc2ccc(C=CC(=O)NO)cc2)cc(OC)c1C. The lowest BCUT2D eigenvalue weighted by Crippen LogP contribution is -2.30. The summed E-state index contributed by atoms with van der Waals surface area (Å²) in [7, 11) is 3.11. The largest absolute Gasteiger partial charge is 0.496 e. The standard InChI is InChI=1S/C32H35N3O6/c1-22-29(39-2)18-26(19-30(22)40-3)32(37)41-17-16-35(15-14-25-20-33-28-7-5-4-6-27(25)28)21-24-10-8-23(9-11-24)12-13-31(36)34-38/h4-13,18-20,33,38H,14-17,21H2,1-3H3,(H,34,36). The Morgan fingerprint density at radius 2 is 1.71 bits per heavy atom. The van der Waals surface area contributed by atoms with Crippen LogP contribution in [0.1, 0.15) is 32.6 Å². The number of hydroxylamine groups is 1. The van der Waals surface area contributed by atoms with E-state index in [0.29, 0.717) is 30.2 Å². The number of nitrogens with zero attached hydrogens (tertiary/aromatic N) is 1. The maximum atomic E-state index is 12.9. The van der Waals surface area contributed by atoms with Crippen LogP contribution in [0.3, 0.4) is 0 Å². The molecule has 0 radical (unpaired) electrons. The van der Waals surface area contributed by atoms with Gasteiger partial charge in [0.1, 0.15) is 18.1 Å². The van der Waals surface area contributed by atoms with Crippen molar-refractivity contribution in [3.05, 3.63) is 101 Å². The van der Waals surface area contributed by atoms with Crippen molar-refractivity contribution >= 4 is 28.9 Å². The normalized spacial score (nSPS) is 11.2. The number of rotatable bonds is 13. The molecule has 0 fully saturated rings. The monoisotopic (exact) mass is 557 g/mol. The van der Waals surface area contributed by atoms with Crippen LogP contribution in [-0.2, 0) is 22.5 Å². The molecule has 0 aliphatic carbocycles. The molecule has 3 aromatic carbocycles. The third kappa shape index (κ3) is 7.75. The van der Waals surface area contributed by atoms with E-state index in [-0.39, 0.29) is 6.61 Å². The van der Waals surface area contributed by atoms with Crippen LogP contribution < -0.4 is 15.0 Å². The van der Waals surface area contributed by atoms with Crippen molar-refractivity contribution in [3.63, 3.8) is 0 Å². The van der Waals surface area contributed by atoms with Crippen LogP contribution in [0.4, 0.5) is 0 Å². The molecular weight excluding hydrogens is 522 g/mol. The van der Waals surface area contributed by atoms with Crippen LogP contribution in [0.25, 0.3) is 17.0 Å². The van der Waals surface area contributed by atoms with E-state index >= 15 is 0 Å². The number of hydrogen-bond donors (Lipinski definition) is 3. The van der Waals surface area contributed by atoms with Crippen molar-refractivity contribution < 1.29 is 29.0 Å². The van der Waals surface area contributed by atoms with E-state index < -0.39 is 11.9 Å². The first kappa shape index (κ1) is 29.4. The third-order valence-electron chi connectivity index (χ3n) is 6.92. The number of ether oxygens (including phenoxy) is 3. The number of methoxy groups -OCH3 is 2. The highest BCUT2D eigenvalue weighted by molar-refractivity contribution is 5.91. The van der Waals surface area contributed by atoms with Gasteiger partial charge >= 0.3 is 5.97 Å². The van der Waals surface area contributed by atoms with Gasteiger partial charge in [0.2, 0.25) is 0 Å². The van der Waals surface area contributed by atoms with E-state index in [4.69, 9.17) is 19.4 Å². The Morgan fingerprint density at radius 3 is 2.39 bits per heavy atom. The Morgan fingerprint density at radius 1 is 1.00 bits per heavy atom. The average Bonchev–Trinajstić information content (AvgIpc) is 3.42. The fourth-order valence-corrected chi connectivity index (χ4v) is 4.64. The molecule has 0 saturated carbocycles. The lowest BCUT2D eigenvalue weighted by Gasteiger charge is -2.22. The summed E-state index contributed by atoms with van der Waals surface area (Å²) in [6, 6.07) is 19.3. The quantitative estimate of drug-likeness (QED) is 0.0926. The van der Waals surface area contributed by atoms with Crippen molar-refractivity contribution in [2.75, 3.05) is 33.9 Å². The zero-order valence-electron chi connectivity index (χ0n) is 23.5. The number of aromatic amines is 1. The summed E-state index contributed by atoms with van der Waals surface area (Å²) in [5.74, 6) is 0.0923. The Kier molecular flexibility index (Phi) is 10.1. The first-order chi connectivity index (χ1) is 19.9. The molecule has 0 spiro atoms. The Labute approximate surface area is 239 Å². The molecule has 1 amide bonds. The van der Waals surface area contributed by atoms with Crippen LogP contribution >= 0.6 is 0 Å². The van der Waals surface area contributed by atoms with Crippen molar-refractivity contribution in [1.82, 2.24) is 15.4 Å². The highest BCUT2D eigenvalue weighted by atomic mass is 16.5. The summed E-state index contributed by atoms with van der Waals surface area (Å²) in [4.78, 5) is 29.7. The number of esters is 1. The molecule has 1 heterocycles. The molecule has 0 saturated heterocycles. The smallest absolute Gasteiger partial charge is 0.338 e.